The van der Waals surface area contributed by atoms with Crippen LogP contribution in [0.2, 0.25) is 5.02 Å². The summed E-state index contributed by atoms with van der Waals surface area (Å²) in [5, 5.41) is 2.09. The van der Waals surface area contributed by atoms with Gasteiger partial charge in [-0.25, -0.2) is 8.42 Å². The van der Waals surface area contributed by atoms with Crippen molar-refractivity contribution in [2.75, 3.05) is 19.6 Å². The summed E-state index contributed by atoms with van der Waals surface area (Å²) in [6.45, 7) is 2.84. The maximum atomic E-state index is 12.8. The largest absolute Gasteiger partial charge is 0.416 e. The summed E-state index contributed by atoms with van der Waals surface area (Å²) in [7, 11) is -4.34. The predicted octanol–water partition coefficient (Wildman–Crippen LogP) is 2.51. The van der Waals surface area contributed by atoms with Gasteiger partial charge < -0.3 is 5.32 Å². The fourth-order valence-corrected chi connectivity index (χ4v) is 3.70. The first-order valence-electron chi connectivity index (χ1n) is 6.67. The molecule has 0 aromatic heterocycles. The van der Waals surface area contributed by atoms with Crippen LogP contribution in [0.15, 0.2) is 23.1 Å². The zero-order valence-corrected chi connectivity index (χ0v) is 14.0. The second kappa shape index (κ2) is 7.50. The molecule has 23 heavy (non-hydrogen) atoms. The van der Waals surface area contributed by atoms with E-state index in [-0.39, 0.29) is 11.6 Å². The lowest BCUT2D eigenvalue weighted by Gasteiger charge is -2.21. The number of hydrogen-bond acceptors (Lipinski definition) is 3. The number of amides is 1. The lowest BCUT2D eigenvalue weighted by molar-refractivity contribution is -0.137. The van der Waals surface area contributed by atoms with E-state index >= 15 is 0 Å². The third-order valence-corrected chi connectivity index (χ3v) is 5.33. The second-order valence-corrected chi connectivity index (χ2v) is 6.84. The minimum atomic E-state index is -4.70. The molecule has 0 aliphatic carbocycles. The normalized spacial score (nSPS) is 12.5. The van der Waals surface area contributed by atoms with E-state index in [9.17, 15) is 26.4 Å². The number of carbonyl (C=O) groups excluding carboxylic acids is 1. The monoisotopic (exact) mass is 372 g/mol. The quantitative estimate of drug-likeness (QED) is 0.834. The molecule has 0 unspecified atom stereocenters. The molecule has 0 bridgehead atoms. The van der Waals surface area contributed by atoms with Gasteiger partial charge in [0, 0.05) is 13.1 Å². The van der Waals surface area contributed by atoms with Crippen molar-refractivity contribution in [1.82, 2.24) is 9.62 Å². The van der Waals surface area contributed by atoms with Gasteiger partial charge >= 0.3 is 6.18 Å². The summed E-state index contributed by atoms with van der Waals surface area (Å²) in [6.07, 6.45) is -4.70. The van der Waals surface area contributed by atoms with Gasteiger partial charge in [-0.15, -0.1) is 0 Å². The van der Waals surface area contributed by atoms with Crippen LogP contribution in [-0.2, 0) is 21.0 Å². The van der Waals surface area contributed by atoms with Crippen molar-refractivity contribution in [3.63, 3.8) is 0 Å². The SMILES string of the molecule is CCNC(=O)CN(CC)S(=O)(=O)c1cc(C(F)(F)F)ccc1Cl. The molecule has 0 atom stereocenters. The molecular weight excluding hydrogens is 357 g/mol. The summed E-state index contributed by atoms with van der Waals surface area (Å²) in [5.41, 5.74) is -1.13. The topological polar surface area (TPSA) is 66.5 Å². The van der Waals surface area contributed by atoms with Crippen molar-refractivity contribution in [3.05, 3.63) is 28.8 Å². The maximum Gasteiger partial charge on any atom is 0.416 e. The molecule has 0 radical (unpaired) electrons. The average molecular weight is 373 g/mol. The van der Waals surface area contributed by atoms with Gasteiger partial charge in [-0.3, -0.25) is 4.79 Å². The molecule has 130 valence electrons. The van der Waals surface area contributed by atoms with Gasteiger partial charge in [-0.05, 0) is 25.1 Å². The molecule has 0 spiro atoms. The molecule has 0 aliphatic rings. The Morgan fingerprint density at radius 1 is 1.30 bits per heavy atom. The third kappa shape index (κ3) is 4.82. The molecule has 1 aromatic rings. The van der Waals surface area contributed by atoms with Crippen LogP contribution in [-0.4, -0.2) is 38.3 Å². The van der Waals surface area contributed by atoms with Crippen molar-refractivity contribution >= 4 is 27.5 Å². The van der Waals surface area contributed by atoms with E-state index in [1.807, 2.05) is 0 Å². The Labute approximate surface area is 137 Å². The van der Waals surface area contributed by atoms with Gasteiger partial charge in [0.05, 0.1) is 17.1 Å². The Hall–Kier alpha value is -1.32. The van der Waals surface area contributed by atoms with Crippen molar-refractivity contribution < 1.29 is 26.4 Å². The molecule has 0 saturated heterocycles. The van der Waals surface area contributed by atoms with E-state index in [2.05, 4.69) is 5.32 Å². The molecular formula is C13H16ClF3N2O3S. The van der Waals surface area contributed by atoms with Gasteiger partial charge in [0.1, 0.15) is 4.90 Å². The maximum absolute atomic E-state index is 12.8. The summed E-state index contributed by atoms with van der Waals surface area (Å²) < 4.78 is 64.1. The molecule has 1 N–H and O–H groups in total. The average Bonchev–Trinajstić information content (AvgIpc) is 2.43. The Bertz CT molecular complexity index is 678. The number of rotatable bonds is 6. The lowest BCUT2D eigenvalue weighted by Crippen LogP contribution is -2.40. The van der Waals surface area contributed by atoms with E-state index < -0.39 is 39.1 Å². The van der Waals surface area contributed by atoms with Crippen LogP contribution in [0.1, 0.15) is 19.4 Å². The minimum absolute atomic E-state index is 0.0912. The fraction of sp³-hybridized carbons (Fsp3) is 0.462. The van der Waals surface area contributed by atoms with Gasteiger partial charge in [0.25, 0.3) is 0 Å². The van der Waals surface area contributed by atoms with E-state index in [4.69, 9.17) is 11.6 Å². The Balaban J connectivity index is 3.27. The first kappa shape index (κ1) is 19.7. The Morgan fingerprint density at radius 2 is 1.91 bits per heavy atom. The van der Waals surface area contributed by atoms with Crippen molar-refractivity contribution in [1.29, 1.82) is 0 Å². The number of sulfonamides is 1. The number of hydrogen-bond donors (Lipinski definition) is 1. The smallest absolute Gasteiger partial charge is 0.355 e. The van der Waals surface area contributed by atoms with Crippen LogP contribution < -0.4 is 5.32 Å². The molecule has 1 rings (SSSR count). The van der Waals surface area contributed by atoms with Gasteiger partial charge in [-0.2, -0.15) is 17.5 Å². The number of benzene rings is 1. The summed E-state index contributed by atoms with van der Waals surface area (Å²) >= 11 is 5.76. The van der Waals surface area contributed by atoms with Crippen LogP contribution in [0.4, 0.5) is 13.2 Å². The molecule has 0 heterocycles. The van der Waals surface area contributed by atoms with Crippen LogP contribution in [0.3, 0.4) is 0 Å². The van der Waals surface area contributed by atoms with Gasteiger partial charge in [-0.1, -0.05) is 18.5 Å². The molecule has 0 fully saturated rings. The Kier molecular flexibility index (Phi) is 6.43. The van der Waals surface area contributed by atoms with Crippen molar-refractivity contribution in [2.45, 2.75) is 24.9 Å². The Morgan fingerprint density at radius 3 is 2.39 bits per heavy atom. The van der Waals surface area contributed by atoms with Crippen LogP contribution in [0, 0.1) is 0 Å². The second-order valence-electron chi connectivity index (χ2n) is 4.53. The van der Waals surface area contributed by atoms with E-state index in [1.54, 1.807) is 6.92 Å². The molecule has 1 amide bonds. The number of halogens is 4. The molecule has 1 aromatic carbocycles. The highest BCUT2D eigenvalue weighted by molar-refractivity contribution is 7.89. The lowest BCUT2D eigenvalue weighted by atomic mass is 10.2. The van der Waals surface area contributed by atoms with E-state index in [0.717, 1.165) is 10.4 Å². The standard InChI is InChI=1S/C13H16ClF3N2O3S/c1-3-18-12(20)8-19(4-2)23(21,22)11-7-9(13(15,16)17)5-6-10(11)14/h5-7H,3-4,8H2,1-2H3,(H,18,20). The highest BCUT2D eigenvalue weighted by Gasteiger charge is 2.34. The van der Waals surface area contributed by atoms with Crippen LogP contribution >= 0.6 is 11.6 Å². The number of alkyl halides is 3. The number of nitrogens with zero attached hydrogens (tertiary/aromatic N) is 1. The zero-order valence-electron chi connectivity index (χ0n) is 12.4. The third-order valence-electron chi connectivity index (χ3n) is 2.92. The first-order chi connectivity index (χ1) is 10.5. The highest BCUT2D eigenvalue weighted by atomic mass is 35.5. The highest BCUT2D eigenvalue weighted by Crippen LogP contribution is 2.34. The van der Waals surface area contributed by atoms with E-state index in [0.29, 0.717) is 18.7 Å². The summed E-state index contributed by atoms with van der Waals surface area (Å²) in [4.78, 5) is 10.9. The summed E-state index contributed by atoms with van der Waals surface area (Å²) in [5.74, 6) is -0.555. The van der Waals surface area contributed by atoms with Crippen molar-refractivity contribution in [3.8, 4) is 0 Å². The summed E-state index contributed by atoms with van der Waals surface area (Å²) in [6, 6.07) is 2.04. The number of nitrogens with one attached hydrogen (secondary N) is 1. The van der Waals surface area contributed by atoms with Gasteiger partial charge in [0.15, 0.2) is 0 Å². The van der Waals surface area contributed by atoms with E-state index in [1.165, 1.54) is 6.92 Å². The van der Waals surface area contributed by atoms with Crippen LogP contribution in [0.25, 0.3) is 0 Å². The minimum Gasteiger partial charge on any atom is -0.355 e. The molecule has 10 heteroatoms. The number of likely N-dealkylation sites (N-methyl/N-ethyl adjacent to an activating group) is 2. The number of carbonyl (C=O) groups is 1. The van der Waals surface area contributed by atoms with Crippen molar-refractivity contribution in [2.24, 2.45) is 0 Å². The fourth-order valence-electron chi connectivity index (χ4n) is 1.80. The van der Waals surface area contributed by atoms with Crippen LogP contribution in [0.5, 0.6) is 0 Å². The zero-order chi connectivity index (χ0) is 17.8. The first-order valence-corrected chi connectivity index (χ1v) is 8.49. The van der Waals surface area contributed by atoms with Gasteiger partial charge in [0.2, 0.25) is 15.9 Å². The predicted molar refractivity (Wildman–Crippen MR) is 79.6 cm³/mol. The molecule has 0 aliphatic heterocycles. The molecule has 5 nitrogen and oxygen atoms in total. The molecule has 0 saturated carbocycles.